The first-order chi connectivity index (χ1) is 24.3. The second-order valence-corrected chi connectivity index (χ2v) is 21.1. The molecular formula is C45H74N2O5. The first-order valence-corrected chi connectivity index (χ1v) is 21.3. The van der Waals surface area contributed by atoms with Crippen molar-refractivity contribution in [3.8, 4) is 0 Å². The van der Waals surface area contributed by atoms with Crippen LogP contribution < -0.4 is 5.32 Å². The smallest absolute Gasteiger partial charge is 0.306 e. The van der Waals surface area contributed by atoms with Gasteiger partial charge in [0.2, 0.25) is 5.91 Å². The molecule has 6 aliphatic rings. The molecule has 6 fully saturated rings. The second kappa shape index (κ2) is 14.3. The van der Waals surface area contributed by atoms with Crippen LogP contribution in [0.1, 0.15) is 158 Å². The third-order valence-corrected chi connectivity index (χ3v) is 17.5. The van der Waals surface area contributed by atoms with Crippen molar-refractivity contribution in [2.45, 2.75) is 164 Å². The fourth-order valence-corrected chi connectivity index (χ4v) is 14.8. The third-order valence-electron chi connectivity index (χ3n) is 17.5. The average Bonchev–Trinajstić information content (AvgIpc) is 3.63. The topological polar surface area (TPSA) is 95.9 Å². The SMILES string of the molecule is C=C(C)[C@@H]1CC[C@]2(CCNCCCN3CCCC3=O)CC[C@]3(C)[C@H](CC[C@@H]4[C@@]5(C)CC[C@H](OC(=O)CC(C)(C)CC(=O)O)C(C)(C)[C@@H]5CC[C@]43C)[C@@H]12. The van der Waals surface area contributed by atoms with Gasteiger partial charge in [0.05, 0.1) is 12.8 Å². The van der Waals surface area contributed by atoms with Crippen LogP contribution in [0.25, 0.3) is 0 Å². The molecule has 7 heteroatoms. The molecule has 0 bridgehead atoms. The maximum Gasteiger partial charge on any atom is 0.306 e. The lowest BCUT2D eigenvalue weighted by Gasteiger charge is -2.73. The summed E-state index contributed by atoms with van der Waals surface area (Å²) in [4.78, 5) is 38.7. The molecule has 0 aromatic rings. The lowest BCUT2D eigenvalue weighted by Crippen LogP contribution is -2.66. The van der Waals surface area contributed by atoms with E-state index < -0.39 is 11.4 Å². The molecular weight excluding hydrogens is 649 g/mol. The Morgan fingerprint density at radius 3 is 2.35 bits per heavy atom. The Bertz CT molecular complexity index is 1390. The number of allylic oxidation sites excluding steroid dienone is 1. The van der Waals surface area contributed by atoms with Gasteiger partial charge in [-0.2, -0.15) is 0 Å². The van der Waals surface area contributed by atoms with Crippen LogP contribution in [-0.2, 0) is 19.1 Å². The van der Waals surface area contributed by atoms with E-state index in [9.17, 15) is 19.5 Å². The zero-order chi connectivity index (χ0) is 37.9. The molecule has 0 spiro atoms. The molecule has 1 aliphatic heterocycles. The predicted molar refractivity (Wildman–Crippen MR) is 207 cm³/mol. The van der Waals surface area contributed by atoms with Crippen molar-refractivity contribution < 1.29 is 24.2 Å². The van der Waals surface area contributed by atoms with E-state index in [0.29, 0.717) is 40.4 Å². The van der Waals surface area contributed by atoms with Gasteiger partial charge in [-0.3, -0.25) is 14.4 Å². The monoisotopic (exact) mass is 723 g/mol. The summed E-state index contributed by atoms with van der Waals surface area (Å²) in [6, 6.07) is 0. The fourth-order valence-electron chi connectivity index (χ4n) is 14.8. The number of carboxylic acid groups (broad SMARTS) is 1. The number of nitrogens with one attached hydrogen (secondary N) is 1. The molecule has 1 amide bonds. The Labute approximate surface area is 316 Å². The Morgan fingerprint density at radius 2 is 1.67 bits per heavy atom. The number of nitrogens with zero attached hydrogens (tertiary/aromatic N) is 1. The molecule has 0 aromatic heterocycles. The standard InChI is InChI=1S/C45H74N2O5/c1-30(2)31-15-20-45(23-25-46-24-11-27-47-26-10-12-36(47)48)22-21-43(8)32(39(31)45)13-14-34-42(7)18-17-35(41(5,6)33(42)16-19-44(34,43)9)52-38(51)29-40(3,4)28-37(49)50/h31-35,39,46H,1,10-29H2,2-9H3,(H,49,50)/t31-,32+,33-,34+,35-,39+,42-,43+,44+,45+/m0/s1. The van der Waals surface area contributed by atoms with E-state index in [4.69, 9.17) is 4.74 Å². The van der Waals surface area contributed by atoms with E-state index in [2.05, 4.69) is 53.4 Å². The van der Waals surface area contributed by atoms with Crippen LogP contribution in [0.3, 0.4) is 0 Å². The molecule has 7 nitrogen and oxygen atoms in total. The number of hydrogen-bond donors (Lipinski definition) is 2. The molecule has 0 aromatic carbocycles. The summed E-state index contributed by atoms with van der Waals surface area (Å²) in [6.07, 6.45) is 16.4. The highest BCUT2D eigenvalue weighted by molar-refractivity contribution is 5.78. The number of rotatable bonds is 13. The summed E-state index contributed by atoms with van der Waals surface area (Å²) < 4.78 is 6.30. The first kappa shape index (κ1) is 39.8. The van der Waals surface area contributed by atoms with E-state index in [1.165, 1.54) is 63.4 Å². The van der Waals surface area contributed by atoms with Crippen molar-refractivity contribution in [1.82, 2.24) is 10.2 Å². The minimum Gasteiger partial charge on any atom is -0.481 e. The van der Waals surface area contributed by atoms with Gasteiger partial charge < -0.3 is 20.1 Å². The third kappa shape index (κ3) is 6.82. The molecule has 5 aliphatic carbocycles. The number of likely N-dealkylation sites (tertiary alicyclic amines) is 1. The number of esters is 1. The van der Waals surface area contributed by atoms with Gasteiger partial charge in [0.1, 0.15) is 6.10 Å². The highest BCUT2D eigenvalue weighted by Crippen LogP contribution is 2.78. The van der Waals surface area contributed by atoms with E-state index in [0.717, 1.165) is 64.2 Å². The molecule has 6 rings (SSSR count). The van der Waals surface area contributed by atoms with E-state index in [-0.39, 0.29) is 41.2 Å². The molecule has 52 heavy (non-hydrogen) atoms. The van der Waals surface area contributed by atoms with Gasteiger partial charge in [0.25, 0.3) is 0 Å². The number of carbonyl (C=O) groups excluding carboxylic acids is 2. The zero-order valence-corrected chi connectivity index (χ0v) is 34.3. The van der Waals surface area contributed by atoms with Gasteiger partial charge in [0.15, 0.2) is 0 Å². The van der Waals surface area contributed by atoms with E-state index in [1.807, 2.05) is 18.7 Å². The van der Waals surface area contributed by atoms with Crippen LogP contribution in [-0.4, -0.2) is 60.1 Å². The van der Waals surface area contributed by atoms with Crippen LogP contribution in [0, 0.1) is 62.1 Å². The van der Waals surface area contributed by atoms with Crippen molar-refractivity contribution in [3.05, 3.63) is 12.2 Å². The van der Waals surface area contributed by atoms with E-state index >= 15 is 0 Å². The largest absolute Gasteiger partial charge is 0.481 e. The normalized spacial score (nSPS) is 41.1. The van der Waals surface area contributed by atoms with E-state index in [1.54, 1.807) is 0 Å². The Morgan fingerprint density at radius 1 is 0.923 bits per heavy atom. The van der Waals surface area contributed by atoms with Gasteiger partial charge in [-0.1, -0.05) is 60.6 Å². The van der Waals surface area contributed by atoms with Crippen molar-refractivity contribution in [3.63, 3.8) is 0 Å². The number of amides is 1. The number of ether oxygens (including phenoxy) is 1. The molecule has 0 radical (unpaired) electrons. The summed E-state index contributed by atoms with van der Waals surface area (Å²) in [7, 11) is 0. The number of hydrogen-bond acceptors (Lipinski definition) is 5. The molecule has 0 unspecified atom stereocenters. The summed E-state index contributed by atoms with van der Waals surface area (Å²) in [5, 5.41) is 13.2. The number of carbonyl (C=O) groups is 3. The second-order valence-electron chi connectivity index (χ2n) is 21.1. The quantitative estimate of drug-likeness (QED) is 0.112. The molecule has 294 valence electrons. The van der Waals surface area contributed by atoms with Crippen LogP contribution in [0.5, 0.6) is 0 Å². The van der Waals surface area contributed by atoms with Gasteiger partial charge in [-0.25, -0.2) is 0 Å². The summed E-state index contributed by atoms with van der Waals surface area (Å²) >= 11 is 0. The van der Waals surface area contributed by atoms with Gasteiger partial charge in [-0.05, 0) is 160 Å². The van der Waals surface area contributed by atoms with Crippen LogP contribution in [0.4, 0.5) is 0 Å². The van der Waals surface area contributed by atoms with Crippen LogP contribution in [0.15, 0.2) is 12.2 Å². The highest BCUT2D eigenvalue weighted by Gasteiger charge is 2.71. The fraction of sp³-hybridized carbons (Fsp3) is 0.889. The zero-order valence-electron chi connectivity index (χ0n) is 34.3. The Balaban J connectivity index is 1.15. The minimum atomic E-state index is -0.872. The summed E-state index contributed by atoms with van der Waals surface area (Å²) in [5.41, 5.74) is 1.84. The van der Waals surface area contributed by atoms with Crippen molar-refractivity contribution in [2.24, 2.45) is 62.1 Å². The van der Waals surface area contributed by atoms with Crippen molar-refractivity contribution >= 4 is 17.8 Å². The van der Waals surface area contributed by atoms with Crippen LogP contribution >= 0.6 is 0 Å². The Hall–Kier alpha value is -1.89. The van der Waals surface area contributed by atoms with Crippen molar-refractivity contribution in [1.29, 1.82) is 0 Å². The minimum absolute atomic E-state index is 0.0358. The van der Waals surface area contributed by atoms with Gasteiger partial charge >= 0.3 is 11.9 Å². The molecule has 10 atom stereocenters. The lowest BCUT2D eigenvalue weighted by atomic mass is 9.32. The number of aliphatic carboxylic acids is 1. The highest BCUT2D eigenvalue weighted by atomic mass is 16.5. The molecule has 1 saturated heterocycles. The molecule has 5 saturated carbocycles. The number of carboxylic acids is 1. The first-order valence-electron chi connectivity index (χ1n) is 21.3. The summed E-state index contributed by atoms with van der Waals surface area (Å²) in [5.74, 6) is 2.44. The number of fused-ring (bicyclic) bond motifs is 7. The molecule has 1 heterocycles. The predicted octanol–water partition coefficient (Wildman–Crippen LogP) is 9.44. The maximum atomic E-state index is 13.2. The average molecular weight is 723 g/mol. The summed E-state index contributed by atoms with van der Waals surface area (Å²) in [6.45, 7) is 27.3. The lowest BCUT2D eigenvalue weighted by molar-refractivity contribution is -0.250. The maximum absolute atomic E-state index is 13.2. The Kier molecular flexibility index (Phi) is 11.0. The molecule has 2 N–H and O–H groups in total. The van der Waals surface area contributed by atoms with Gasteiger partial charge in [-0.15, -0.1) is 0 Å². The van der Waals surface area contributed by atoms with Gasteiger partial charge in [0, 0.05) is 24.9 Å². The van der Waals surface area contributed by atoms with Crippen LogP contribution in [0.2, 0.25) is 0 Å². The van der Waals surface area contributed by atoms with Crippen molar-refractivity contribution in [2.75, 3.05) is 26.2 Å².